The van der Waals surface area contributed by atoms with Crippen molar-refractivity contribution >= 4 is 17.5 Å². The summed E-state index contributed by atoms with van der Waals surface area (Å²) in [6.45, 7) is 1.44. The summed E-state index contributed by atoms with van der Waals surface area (Å²) in [6.07, 6.45) is -0.948. The molecule has 1 aromatic rings. The SMILES string of the molecule is O=C(O)N1CCN(c2ccc([N+](=O)[O-])cc2CO)CC1. The first-order chi connectivity index (χ1) is 9.52. The van der Waals surface area contributed by atoms with Crippen LogP contribution in [-0.2, 0) is 6.61 Å². The molecule has 0 spiro atoms. The van der Waals surface area contributed by atoms with Gasteiger partial charge in [0.2, 0.25) is 0 Å². The highest BCUT2D eigenvalue weighted by molar-refractivity contribution is 5.66. The average molecular weight is 281 g/mol. The maximum absolute atomic E-state index is 10.8. The molecule has 0 radical (unpaired) electrons. The number of amides is 1. The second-order valence-electron chi connectivity index (χ2n) is 4.48. The quantitative estimate of drug-likeness (QED) is 0.629. The lowest BCUT2D eigenvalue weighted by atomic mass is 10.1. The summed E-state index contributed by atoms with van der Waals surface area (Å²) >= 11 is 0. The molecule has 8 heteroatoms. The summed E-state index contributed by atoms with van der Waals surface area (Å²) < 4.78 is 0. The van der Waals surface area contributed by atoms with Crippen molar-refractivity contribution in [2.24, 2.45) is 0 Å². The van der Waals surface area contributed by atoms with Crippen molar-refractivity contribution in [1.29, 1.82) is 0 Å². The van der Waals surface area contributed by atoms with E-state index in [1.807, 2.05) is 4.90 Å². The topological polar surface area (TPSA) is 107 Å². The maximum atomic E-state index is 10.8. The van der Waals surface area contributed by atoms with E-state index in [0.29, 0.717) is 37.4 Å². The van der Waals surface area contributed by atoms with Gasteiger partial charge >= 0.3 is 6.09 Å². The Bertz CT molecular complexity index is 526. The van der Waals surface area contributed by atoms with Gasteiger partial charge in [-0.1, -0.05) is 0 Å². The van der Waals surface area contributed by atoms with Crippen LogP contribution in [0.5, 0.6) is 0 Å². The summed E-state index contributed by atoms with van der Waals surface area (Å²) in [7, 11) is 0. The molecule has 20 heavy (non-hydrogen) atoms. The average Bonchev–Trinajstić information content (AvgIpc) is 2.46. The van der Waals surface area contributed by atoms with Gasteiger partial charge in [0.05, 0.1) is 11.5 Å². The molecule has 0 aromatic heterocycles. The lowest BCUT2D eigenvalue weighted by molar-refractivity contribution is -0.384. The van der Waals surface area contributed by atoms with Gasteiger partial charge in [0.25, 0.3) is 5.69 Å². The number of carboxylic acid groups (broad SMARTS) is 1. The van der Waals surface area contributed by atoms with Gasteiger partial charge in [0.1, 0.15) is 0 Å². The van der Waals surface area contributed by atoms with Crippen LogP contribution in [0.25, 0.3) is 0 Å². The van der Waals surface area contributed by atoms with Crippen molar-refractivity contribution < 1.29 is 19.9 Å². The van der Waals surface area contributed by atoms with Gasteiger partial charge in [0.15, 0.2) is 0 Å². The second-order valence-corrected chi connectivity index (χ2v) is 4.48. The zero-order chi connectivity index (χ0) is 14.7. The van der Waals surface area contributed by atoms with Crippen LogP contribution in [0, 0.1) is 10.1 Å². The number of carbonyl (C=O) groups is 1. The van der Waals surface area contributed by atoms with Gasteiger partial charge in [-0.25, -0.2) is 4.79 Å². The van der Waals surface area contributed by atoms with Crippen molar-refractivity contribution in [3.8, 4) is 0 Å². The molecule has 1 aromatic carbocycles. The summed E-state index contributed by atoms with van der Waals surface area (Å²) in [5.74, 6) is 0. The molecule has 0 unspecified atom stereocenters. The third-order valence-electron chi connectivity index (χ3n) is 3.34. The first-order valence-corrected chi connectivity index (χ1v) is 6.14. The largest absolute Gasteiger partial charge is 0.465 e. The van der Waals surface area contributed by atoms with Crippen LogP contribution in [0.2, 0.25) is 0 Å². The molecular weight excluding hydrogens is 266 g/mol. The highest BCUT2D eigenvalue weighted by Gasteiger charge is 2.22. The Morgan fingerprint density at radius 2 is 1.95 bits per heavy atom. The summed E-state index contributed by atoms with van der Waals surface area (Å²) in [5.41, 5.74) is 1.12. The Morgan fingerprint density at radius 3 is 2.45 bits per heavy atom. The predicted molar refractivity (Wildman–Crippen MR) is 70.8 cm³/mol. The van der Waals surface area contributed by atoms with Crippen LogP contribution in [0.3, 0.4) is 0 Å². The Morgan fingerprint density at radius 1 is 1.30 bits per heavy atom. The molecule has 0 aliphatic carbocycles. The number of rotatable bonds is 3. The van der Waals surface area contributed by atoms with Crippen LogP contribution >= 0.6 is 0 Å². The minimum absolute atomic E-state index is 0.0676. The molecule has 1 heterocycles. The fourth-order valence-electron chi connectivity index (χ4n) is 2.26. The zero-order valence-corrected chi connectivity index (χ0v) is 10.7. The lowest BCUT2D eigenvalue weighted by Crippen LogP contribution is -2.48. The van der Waals surface area contributed by atoms with Gasteiger partial charge in [-0.2, -0.15) is 0 Å². The third-order valence-corrected chi connectivity index (χ3v) is 3.34. The minimum Gasteiger partial charge on any atom is -0.465 e. The minimum atomic E-state index is -0.948. The molecule has 1 amide bonds. The van der Waals surface area contributed by atoms with Gasteiger partial charge in [-0.15, -0.1) is 0 Å². The van der Waals surface area contributed by atoms with E-state index >= 15 is 0 Å². The number of benzene rings is 1. The van der Waals surface area contributed by atoms with E-state index < -0.39 is 11.0 Å². The number of hydrogen-bond donors (Lipinski definition) is 2. The number of nitro benzene ring substituents is 1. The molecule has 1 saturated heterocycles. The maximum Gasteiger partial charge on any atom is 0.407 e. The number of piperazine rings is 1. The molecule has 1 aliphatic rings. The Balaban J connectivity index is 2.17. The molecule has 2 N–H and O–H groups in total. The van der Waals surface area contributed by atoms with Crippen molar-refractivity contribution in [1.82, 2.24) is 4.90 Å². The molecule has 1 fully saturated rings. The number of anilines is 1. The number of aliphatic hydroxyl groups excluding tert-OH is 1. The van der Waals surface area contributed by atoms with Crippen molar-refractivity contribution in [3.63, 3.8) is 0 Å². The van der Waals surface area contributed by atoms with Crippen molar-refractivity contribution in [3.05, 3.63) is 33.9 Å². The van der Waals surface area contributed by atoms with E-state index in [2.05, 4.69) is 0 Å². The highest BCUT2D eigenvalue weighted by atomic mass is 16.6. The van der Waals surface area contributed by atoms with Gasteiger partial charge in [-0.3, -0.25) is 10.1 Å². The molecular formula is C12H15N3O5. The Labute approximate surface area is 115 Å². The Hall–Kier alpha value is -2.35. The summed E-state index contributed by atoms with van der Waals surface area (Å²) in [5, 5.41) is 28.9. The third kappa shape index (κ3) is 2.80. The second kappa shape index (κ2) is 5.74. The molecule has 108 valence electrons. The molecule has 0 saturated carbocycles. The summed E-state index contributed by atoms with van der Waals surface area (Å²) in [6, 6.07) is 4.33. The normalized spacial score (nSPS) is 15.2. The molecule has 8 nitrogen and oxygen atoms in total. The van der Waals surface area contributed by atoms with Crippen molar-refractivity contribution in [2.45, 2.75) is 6.61 Å². The first kappa shape index (κ1) is 14.1. The number of non-ortho nitro benzene ring substituents is 1. The van der Waals surface area contributed by atoms with E-state index in [4.69, 9.17) is 5.11 Å². The zero-order valence-electron chi connectivity index (χ0n) is 10.7. The molecule has 0 atom stereocenters. The van der Waals surface area contributed by atoms with Crippen LogP contribution < -0.4 is 4.90 Å². The van der Waals surface area contributed by atoms with E-state index in [0.717, 1.165) is 0 Å². The van der Waals surface area contributed by atoms with E-state index in [1.54, 1.807) is 6.07 Å². The highest BCUT2D eigenvalue weighted by Crippen LogP contribution is 2.26. The summed E-state index contributed by atoms with van der Waals surface area (Å²) in [4.78, 5) is 24.3. The standard InChI is InChI=1S/C12H15N3O5/c16-8-9-7-10(15(19)20)1-2-11(9)13-3-5-14(6-4-13)12(17)18/h1-2,7,16H,3-6,8H2,(H,17,18). The monoisotopic (exact) mass is 281 g/mol. The lowest BCUT2D eigenvalue weighted by Gasteiger charge is -2.35. The fraction of sp³-hybridized carbons (Fsp3) is 0.417. The van der Waals surface area contributed by atoms with Crippen LogP contribution in [0.15, 0.2) is 18.2 Å². The molecule has 0 bridgehead atoms. The Kier molecular flexibility index (Phi) is 4.04. The predicted octanol–water partition coefficient (Wildman–Crippen LogP) is 0.887. The number of hydrogen-bond acceptors (Lipinski definition) is 5. The molecule has 2 rings (SSSR count). The van der Waals surface area contributed by atoms with E-state index in [1.165, 1.54) is 17.0 Å². The number of aliphatic hydroxyl groups is 1. The number of nitro groups is 1. The fourth-order valence-corrected chi connectivity index (χ4v) is 2.26. The smallest absolute Gasteiger partial charge is 0.407 e. The van der Waals surface area contributed by atoms with Crippen LogP contribution in [0.1, 0.15) is 5.56 Å². The van der Waals surface area contributed by atoms with Crippen LogP contribution in [-0.4, -0.2) is 52.3 Å². The van der Waals surface area contributed by atoms with E-state index in [-0.39, 0.29) is 12.3 Å². The number of nitrogens with zero attached hydrogens (tertiary/aromatic N) is 3. The first-order valence-electron chi connectivity index (χ1n) is 6.14. The van der Waals surface area contributed by atoms with Gasteiger partial charge < -0.3 is 20.0 Å². The van der Waals surface area contributed by atoms with Gasteiger partial charge in [-0.05, 0) is 6.07 Å². The van der Waals surface area contributed by atoms with Crippen LogP contribution in [0.4, 0.5) is 16.2 Å². The van der Waals surface area contributed by atoms with Crippen molar-refractivity contribution in [2.75, 3.05) is 31.1 Å². The van der Waals surface area contributed by atoms with Gasteiger partial charge in [0, 0.05) is 49.6 Å². The van der Waals surface area contributed by atoms with E-state index in [9.17, 15) is 20.0 Å². The molecule has 1 aliphatic heterocycles.